The van der Waals surface area contributed by atoms with Gasteiger partial charge in [-0.3, -0.25) is 14.5 Å². The fourth-order valence-corrected chi connectivity index (χ4v) is 5.54. The first-order chi connectivity index (χ1) is 17.1. The number of nitrogens with one attached hydrogen (secondary N) is 1. The molecule has 196 valence electrons. The topological polar surface area (TPSA) is 172 Å². The second-order valence-corrected chi connectivity index (χ2v) is 10.0. The summed E-state index contributed by atoms with van der Waals surface area (Å²) in [7, 11) is 1.28. The van der Waals surface area contributed by atoms with E-state index in [0.717, 1.165) is 11.3 Å². The van der Waals surface area contributed by atoms with E-state index in [9.17, 15) is 19.2 Å². The molecule has 0 spiro atoms. The quantitative estimate of drug-likeness (QED) is 0.153. The van der Waals surface area contributed by atoms with Crippen LogP contribution < -0.4 is 11.1 Å². The molecule has 3 rings (SSSR count). The lowest BCUT2D eigenvalue weighted by Gasteiger charge is -2.49. The fourth-order valence-electron chi connectivity index (χ4n) is 3.42. The van der Waals surface area contributed by atoms with Gasteiger partial charge in [-0.2, -0.15) is 0 Å². The number of carbonyl (C=O) groups excluding carboxylic acids is 4. The number of ether oxygens (including phenoxy) is 3. The number of hydrogen-bond acceptors (Lipinski definition) is 13. The molecule has 2 amide bonds. The van der Waals surface area contributed by atoms with Crippen molar-refractivity contribution in [1.29, 1.82) is 0 Å². The number of anilines is 1. The maximum absolute atomic E-state index is 13.1. The van der Waals surface area contributed by atoms with Crippen LogP contribution in [-0.4, -0.2) is 76.2 Å². The molecule has 0 saturated carbocycles. The first-order valence-corrected chi connectivity index (χ1v) is 12.8. The van der Waals surface area contributed by atoms with Crippen molar-refractivity contribution in [2.45, 2.75) is 57.9 Å². The largest absolute Gasteiger partial charge is 0.511 e. The molecule has 3 atom stereocenters. The van der Waals surface area contributed by atoms with Gasteiger partial charge in [0.05, 0.1) is 11.0 Å². The van der Waals surface area contributed by atoms with Gasteiger partial charge in [-0.25, -0.2) is 14.6 Å². The van der Waals surface area contributed by atoms with Gasteiger partial charge in [0.25, 0.3) is 11.8 Å². The molecule has 0 bridgehead atoms. The van der Waals surface area contributed by atoms with Crippen molar-refractivity contribution in [3.63, 3.8) is 0 Å². The van der Waals surface area contributed by atoms with Gasteiger partial charge in [0.15, 0.2) is 10.8 Å². The third kappa shape index (κ3) is 5.90. The van der Waals surface area contributed by atoms with Crippen LogP contribution in [0.25, 0.3) is 0 Å². The van der Waals surface area contributed by atoms with E-state index >= 15 is 0 Å². The number of rotatable bonds is 9. The summed E-state index contributed by atoms with van der Waals surface area (Å²) < 4.78 is 15.1. The minimum absolute atomic E-state index is 0.0745. The number of β-lactam (4-membered cyclic amide) rings is 1. The number of nitrogens with zero attached hydrogens (tertiary/aromatic N) is 3. The van der Waals surface area contributed by atoms with Gasteiger partial charge in [-0.05, 0) is 25.8 Å². The molecular formula is C21H27N5O8S2. The predicted molar refractivity (Wildman–Crippen MR) is 131 cm³/mol. The van der Waals surface area contributed by atoms with Gasteiger partial charge in [-0.1, -0.05) is 23.4 Å². The molecule has 1 saturated heterocycles. The van der Waals surface area contributed by atoms with Crippen molar-refractivity contribution >= 4 is 57.9 Å². The van der Waals surface area contributed by atoms with Crippen LogP contribution in [0, 0.1) is 0 Å². The Morgan fingerprint density at radius 1 is 1.28 bits per heavy atom. The Balaban J connectivity index is 1.71. The number of esters is 1. The maximum Gasteiger partial charge on any atom is 0.511 e. The van der Waals surface area contributed by atoms with Crippen molar-refractivity contribution < 1.29 is 38.2 Å². The van der Waals surface area contributed by atoms with Crippen molar-refractivity contribution in [2.24, 2.45) is 5.16 Å². The van der Waals surface area contributed by atoms with Crippen LogP contribution in [0.5, 0.6) is 0 Å². The number of hydrogen-bond donors (Lipinski definition) is 2. The molecule has 1 aromatic rings. The van der Waals surface area contributed by atoms with E-state index < -0.39 is 47.7 Å². The zero-order chi connectivity index (χ0) is 26.6. The van der Waals surface area contributed by atoms with Crippen LogP contribution in [0.2, 0.25) is 0 Å². The Bertz CT molecular complexity index is 1100. The van der Waals surface area contributed by atoms with Gasteiger partial charge in [0, 0.05) is 18.9 Å². The van der Waals surface area contributed by atoms with E-state index in [1.165, 1.54) is 36.9 Å². The molecular weight excluding hydrogens is 514 g/mol. The molecule has 2 aliphatic rings. The maximum atomic E-state index is 13.1. The molecule has 0 aromatic carbocycles. The van der Waals surface area contributed by atoms with Gasteiger partial charge in [-0.15, -0.1) is 11.8 Å². The average molecular weight is 542 g/mol. The number of nitrogen functional groups attached to an aromatic ring is 1. The Kier molecular flexibility index (Phi) is 8.79. The molecule has 1 aromatic heterocycles. The second-order valence-electron chi connectivity index (χ2n) is 7.86. The van der Waals surface area contributed by atoms with Gasteiger partial charge < -0.3 is 30.1 Å². The molecule has 3 heterocycles. The standard InChI is InChI=1S/C21H27N5O8S2/c1-6-11-8-35-18-14(24-16(27)13(25-31-5)12-7-23-20(22)36-12)17(28)26(18)15(11)19(29)33-10(4)34-21(30)32-9(2)3/h7,9-10,14,18H,6,8H2,1-5H3,(H2,22,23)(H,24,27)/b25-13+. The van der Waals surface area contributed by atoms with E-state index in [1.807, 2.05) is 6.92 Å². The van der Waals surface area contributed by atoms with Crippen LogP contribution in [0.1, 0.15) is 39.0 Å². The predicted octanol–water partition coefficient (Wildman–Crippen LogP) is 1.59. The monoisotopic (exact) mass is 541 g/mol. The summed E-state index contributed by atoms with van der Waals surface area (Å²) >= 11 is 2.44. The summed E-state index contributed by atoms with van der Waals surface area (Å²) in [6.07, 6.45) is -0.751. The van der Waals surface area contributed by atoms with Crippen LogP contribution >= 0.6 is 23.1 Å². The summed E-state index contributed by atoms with van der Waals surface area (Å²) in [6.45, 7) is 6.51. The van der Waals surface area contributed by atoms with Crippen molar-refractivity contribution in [1.82, 2.24) is 15.2 Å². The van der Waals surface area contributed by atoms with E-state index in [1.54, 1.807) is 13.8 Å². The third-order valence-corrected chi connectivity index (χ3v) is 7.15. The lowest BCUT2D eigenvalue weighted by molar-refractivity contribution is -0.169. The molecule has 3 unspecified atom stereocenters. The van der Waals surface area contributed by atoms with Crippen molar-refractivity contribution in [3.05, 3.63) is 22.3 Å². The molecule has 13 nitrogen and oxygen atoms in total. The van der Waals surface area contributed by atoms with E-state index in [-0.39, 0.29) is 16.5 Å². The van der Waals surface area contributed by atoms with Gasteiger partial charge >= 0.3 is 12.1 Å². The Labute approximate surface area is 215 Å². The van der Waals surface area contributed by atoms with E-state index in [2.05, 4.69) is 15.5 Å². The Morgan fingerprint density at radius 3 is 2.58 bits per heavy atom. The molecule has 0 radical (unpaired) electrons. The van der Waals surface area contributed by atoms with Gasteiger partial charge in [0.1, 0.15) is 24.2 Å². The number of aromatic nitrogens is 1. The van der Waals surface area contributed by atoms with Crippen molar-refractivity contribution in [2.75, 3.05) is 18.6 Å². The second kappa shape index (κ2) is 11.6. The van der Waals surface area contributed by atoms with E-state index in [4.69, 9.17) is 24.8 Å². The Hall–Kier alpha value is -3.33. The van der Waals surface area contributed by atoms with Crippen LogP contribution in [-0.2, 0) is 33.4 Å². The number of carbonyl (C=O) groups is 4. The zero-order valence-electron chi connectivity index (χ0n) is 20.3. The highest BCUT2D eigenvalue weighted by Gasteiger charge is 2.54. The smallest absolute Gasteiger partial charge is 0.431 e. The molecule has 0 aliphatic carbocycles. The summed E-state index contributed by atoms with van der Waals surface area (Å²) in [4.78, 5) is 61.0. The molecule has 1 fully saturated rings. The van der Waals surface area contributed by atoms with Crippen LogP contribution in [0.15, 0.2) is 22.6 Å². The molecule has 36 heavy (non-hydrogen) atoms. The first-order valence-electron chi connectivity index (χ1n) is 11.0. The summed E-state index contributed by atoms with van der Waals surface area (Å²) in [5.41, 5.74) is 6.33. The molecule has 3 N–H and O–H groups in total. The first kappa shape index (κ1) is 27.3. The normalized spacial score (nSPS) is 20.3. The third-order valence-electron chi connectivity index (χ3n) is 4.98. The molecule has 15 heteroatoms. The number of thiazole rings is 1. The number of fused-ring (bicyclic) bond motifs is 1. The van der Waals surface area contributed by atoms with Gasteiger partial charge in [0.2, 0.25) is 6.29 Å². The fraction of sp³-hybridized carbons (Fsp3) is 0.524. The highest BCUT2D eigenvalue weighted by atomic mass is 32.2. The summed E-state index contributed by atoms with van der Waals surface area (Å²) in [5, 5.41) is 6.09. The lowest BCUT2D eigenvalue weighted by Crippen LogP contribution is -2.71. The lowest BCUT2D eigenvalue weighted by atomic mass is 10.0. The van der Waals surface area contributed by atoms with Crippen molar-refractivity contribution in [3.8, 4) is 0 Å². The number of oxime groups is 1. The SMILES string of the molecule is CCC1=C(C(=O)OC(C)OC(=O)OC(C)C)N2C(=O)C(NC(=O)/C(=N/OC)c3cnc(N)s3)C2SC1. The zero-order valence-corrected chi connectivity index (χ0v) is 21.9. The summed E-state index contributed by atoms with van der Waals surface area (Å²) in [6, 6.07) is -0.911. The highest BCUT2D eigenvalue weighted by molar-refractivity contribution is 8.00. The average Bonchev–Trinajstić information content (AvgIpc) is 3.24. The molecule has 2 aliphatic heterocycles. The minimum Gasteiger partial charge on any atom is -0.431 e. The Morgan fingerprint density at radius 2 is 2.00 bits per heavy atom. The highest BCUT2D eigenvalue weighted by Crippen LogP contribution is 2.41. The van der Waals surface area contributed by atoms with Crippen LogP contribution in [0.4, 0.5) is 9.93 Å². The minimum atomic E-state index is -1.24. The number of nitrogens with two attached hydrogens (primary N) is 1. The number of thioether (sulfide) groups is 1. The van der Waals surface area contributed by atoms with Crippen LogP contribution in [0.3, 0.4) is 0 Å². The number of amides is 2. The summed E-state index contributed by atoms with van der Waals surface area (Å²) in [5.74, 6) is -1.52. The van der Waals surface area contributed by atoms with E-state index in [0.29, 0.717) is 22.6 Å².